The molecular weight excluding hydrogens is 386 g/mol. The molecular formula is C23H41NO6. The van der Waals surface area contributed by atoms with Crippen LogP contribution in [0.1, 0.15) is 110 Å². The van der Waals surface area contributed by atoms with Crippen molar-refractivity contribution in [3.8, 4) is 0 Å². The maximum absolute atomic E-state index is 11.4. The minimum Gasteiger partial charge on any atom is -0.481 e. The van der Waals surface area contributed by atoms with Gasteiger partial charge in [-0.1, -0.05) is 90.4 Å². The maximum Gasteiger partial charge on any atom is 0.383 e. The Morgan fingerprint density at radius 3 is 1.63 bits per heavy atom. The molecule has 0 unspecified atom stereocenters. The van der Waals surface area contributed by atoms with E-state index in [-0.39, 0.29) is 18.7 Å². The summed E-state index contributed by atoms with van der Waals surface area (Å²) in [6.45, 7) is 1.73. The van der Waals surface area contributed by atoms with Crippen LogP contribution in [0.3, 0.4) is 0 Å². The summed E-state index contributed by atoms with van der Waals surface area (Å²) in [6, 6.07) is 0. The van der Waals surface area contributed by atoms with E-state index in [2.05, 4.69) is 11.9 Å². The molecule has 0 aliphatic rings. The summed E-state index contributed by atoms with van der Waals surface area (Å²) in [5.74, 6) is -3.38. The number of aliphatic carboxylic acids is 1. The molecule has 0 fully saturated rings. The number of carboxylic acid groups (broad SMARTS) is 1. The van der Waals surface area contributed by atoms with Gasteiger partial charge in [-0.05, 0) is 6.42 Å². The number of ether oxygens (including phenoxy) is 1. The molecule has 0 atom stereocenters. The molecule has 0 amide bonds. The highest BCUT2D eigenvalue weighted by Gasteiger charge is 2.17. The normalized spacial score (nSPS) is 11.5. The lowest BCUT2D eigenvalue weighted by Gasteiger charge is -2.06. The summed E-state index contributed by atoms with van der Waals surface area (Å²) in [5.41, 5.74) is 0. The second-order valence-electron chi connectivity index (χ2n) is 7.74. The molecule has 30 heavy (non-hydrogen) atoms. The zero-order chi connectivity index (χ0) is 22.5. The summed E-state index contributed by atoms with van der Waals surface area (Å²) in [5, 5.41) is 17.4. The molecule has 0 spiro atoms. The van der Waals surface area contributed by atoms with E-state index in [1.807, 2.05) is 0 Å². The zero-order valence-corrected chi connectivity index (χ0v) is 18.7. The third-order valence-electron chi connectivity index (χ3n) is 4.93. The van der Waals surface area contributed by atoms with Gasteiger partial charge in [0.1, 0.15) is 6.61 Å². The third kappa shape index (κ3) is 18.3. The predicted molar refractivity (Wildman–Crippen MR) is 118 cm³/mol. The minimum absolute atomic E-state index is 0.0566. The number of carboxylic acids is 1. The lowest BCUT2D eigenvalue weighted by atomic mass is 10.0. The van der Waals surface area contributed by atoms with Gasteiger partial charge >= 0.3 is 11.9 Å². The molecule has 2 N–H and O–H groups in total. The number of Topliss-reactive ketones (excluding diaryl/α,β-unsaturated/α-hetero) is 1. The first-order chi connectivity index (χ1) is 14.5. The Balaban J connectivity index is 3.78. The number of aliphatic imine (C=N–C) groups is 1. The fraction of sp³-hybridized carbons (Fsp3) is 0.826. The number of hydrogen-bond acceptors (Lipinski definition) is 6. The molecule has 0 radical (unpaired) electrons. The first-order valence-corrected chi connectivity index (χ1v) is 11.6. The van der Waals surface area contributed by atoms with Crippen LogP contribution in [0.25, 0.3) is 0 Å². The van der Waals surface area contributed by atoms with Crippen molar-refractivity contribution in [2.24, 2.45) is 4.99 Å². The summed E-state index contributed by atoms with van der Waals surface area (Å²) < 4.78 is 4.81. The van der Waals surface area contributed by atoms with Crippen LogP contribution in [0.15, 0.2) is 4.99 Å². The lowest BCUT2D eigenvalue weighted by Crippen LogP contribution is -2.24. The van der Waals surface area contributed by atoms with Gasteiger partial charge in [0, 0.05) is 13.0 Å². The van der Waals surface area contributed by atoms with E-state index >= 15 is 0 Å². The fourth-order valence-corrected chi connectivity index (χ4v) is 3.11. The molecule has 0 saturated carbocycles. The van der Waals surface area contributed by atoms with Gasteiger partial charge in [-0.25, -0.2) is 4.79 Å². The SMILES string of the molecule is CCCCCCCCCCCCCCCCN=C(CCC(=O)O)OC(=O)C(=O)CO. The van der Waals surface area contributed by atoms with Crippen molar-refractivity contribution in [2.45, 2.75) is 110 Å². The van der Waals surface area contributed by atoms with Crippen LogP contribution in [-0.2, 0) is 19.1 Å². The molecule has 7 heteroatoms. The van der Waals surface area contributed by atoms with Crippen LogP contribution in [0.5, 0.6) is 0 Å². The average molecular weight is 428 g/mol. The number of hydrogen-bond donors (Lipinski definition) is 2. The smallest absolute Gasteiger partial charge is 0.383 e. The number of carbonyl (C=O) groups is 3. The summed E-state index contributed by atoms with van der Waals surface area (Å²) in [4.78, 5) is 37.3. The van der Waals surface area contributed by atoms with Gasteiger partial charge in [-0.3, -0.25) is 14.6 Å². The number of nitrogens with zero attached hydrogens (tertiary/aromatic N) is 1. The van der Waals surface area contributed by atoms with Gasteiger partial charge in [0.15, 0.2) is 5.90 Å². The number of aliphatic hydroxyl groups is 1. The van der Waals surface area contributed by atoms with E-state index in [0.717, 1.165) is 19.3 Å². The number of esters is 1. The highest BCUT2D eigenvalue weighted by atomic mass is 16.5. The van der Waals surface area contributed by atoms with E-state index in [1.54, 1.807) is 0 Å². The molecule has 0 rings (SSSR count). The van der Waals surface area contributed by atoms with Crippen LogP contribution in [0.2, 0.25) is 0 Å². The first kappa shape index (κ1) is 28.2. The van der Waals surface area contributed by atoms with Crippen LogP contribution >= 0.6 is 0 Å². The number of ketones is 1. The molecule has 174 valence electrons. The average Bonchev–Trinajstić information content (AvgIpc) is 2.73. The van der Waals surface area contributed by atoms with Crippen molar-refractivity contribution in [3.05, 3.63) is 0 Å². The van der Waals surface area contributed by atoms with Gasteiger partial charge in [-0.15, -0.1) is 0 Å². The molecule has 0 heterocycles. The second kappa shape index (κ2) is 20.5. The standard InChI is InChI=1S/C23H41NO6/c1-2-3-4-5-6-7-8-9-10-11-12-13-14-15-18-24-21(16-17-22(27)28)30-23(29)20(26)19-25/h25H,2-19H2,1H3,(H,27,28). The van der Waals surface area contributed by atoms with Gasteiger partial charge in [0.2, 0.25) is 0 Å². The Morgan fingerprint density at radius 1 is 0.733 bits per heavy atom. The zero-order valence-electron chi connectivity index (χ0n) is 18.7. The Labute approximate surface area is 181 Å². The van der Waals surface area contributed by atoms with Gasteiger partial charge in [0.25, 0.3) is 5.78 Å². The monoisotopic (exact) mass is 427 g/mol. The Kier molecular flexibility index (Phi) is 19.3. The fourth-order valence-electron chi connectivity index (χ4n) is 3.11. The largest absolute Gasteiger partial charge is 0.481 e. The van der Waals surface area contributed by atoms with E-state index < -0.39 is 24.3 Å². The number of carbonyl (C=O) groups excluding carboxylic acids is 2. The highest BCUT2D eigenvalue weighted by molar-refractivity contribution is 6.35. The number of rotatable bonds is 20. The van der Waals surface area contributed by atoms with Crippen LogP contribution in [-0.4, -0.2) is 47.0 Å². The summed E-state index contributed by atoms with van der Waals surface area (Å²) in [6.07, 6.45) is 17.2. The van der Waals surface area contributed by atoms with Gasteiger partial charge < -0.3 is 14.9 Å². The molecule has 0 aromatic carbocycles. The maximum atomic E-state index is 11.4. The van der Waals surface area contributed by atoms with Gasteiger partial charge in [-0.2, -0.15) is 0 Å². The molecule has 0 aromatic heterocycles. The van der Waals surface area contributed by atoms with E-state index in [1.165, 1.54) is 70.6 Å². The molecule has 7 nitrogen and oxygen atoms in total. The molecule has 0 aliphatic carbocycles. The number of aliphatic hydroxyl groups excluding tert-OH is 1. The minimum atomic E-state index is -1.21. The molecule has 0 saturated heterocycles. The summed E-state index contributed by atoms with van der Waals surface area (Å²) >= 11 is 0. The predicted octanol–water partition coefficient (Wildman–Crippen LogP) is 4.84. The van der Waals surface area contributed by atoms with Crippen molar-refractivity contribution in [2.75, 3.05) is 13.2 Å². The third-order valence-corrected chi connectivity index (χ3v) is 4.93. The molecule has 0 aromatic rings. The van der Waals surface area contributed by atoms with Gasteiger partial charge in [0.05, 0.1) is 6.42 Å². The van der Waals surface area contributed by atoms with E-state index in [0.29, 0.717) is 6.54 Å². The van der Waals surface area contributed by atoms with E-state index in [9.17, 15) is 14.4 Å². The van der Waals surface area contributed by atoms with Crippen molar-refractivity contribution < 1.29 is 29.3 Å². The molecule has 0 aliphatic heterocycles. The Morgan fingerprint density at radius 2 is 1.20 bits per heavy atom. The van der Waals surface area contributed by atoms with Crippen molar-refractivity contribution in [1.29, 1.82) is 0 Å². The van der Waals surface area contributed by atoms with Crippen LogP contribution < -0.4 is 0 Å². The molecule has 0 bridgehead atoms. The topological polar surface area (TPSA) is 113 Å². The lowest BCUT2D eigenvalue weighted by molar-refractivity contribution is -0.149. The van der Waals surface area contributed by atoms with Crippen molar-refractivity contribution in [1.82, 2.24) is 0 Å². The van der Waals surface area contributed by atoms with Crippen molar-refractivity contribution >= 4 is 23.6 Å². The second-order valence-corrected chi connectivity index (χ2v) is 7.74. The summed E-state index contributed by atoms with van der Waals surface area (Å²) in [7, 11) is 0. The quantitative estimate of drug-likeness (QED) is 0.0945. The van der Waals surface area contributed by atoms with Crippen molar-refractivity contribution in [3.63, 3.8) is 0 Å². The Bertz CT molecular complexity index is 504. The first-order valence-electron chi connectivity index (χ1n) is 11.6. The van der Waals surface area contributed by atoms with E-state index in [4.69, 9.17) is 14.9 Å². The number of unbranched alkanes of at least 4 members (excludes halogenated alkanes) is 13. The van der Waals surface area contributed by atoms with Crippen LogP contribution in [0, 0.1) is 0 Å². The Hall–Kier alpha value is -1.76. The highest BCUT2D eigenvalue weighted by Crippen LogP contribution is 2.13. The van der Waals surface area contributed by atoms with Crippen LogP contribution in [0.4, 0.5) is 0 Å².